The maximum atomic E-state index is 13.1. The molecule has 0 saturated carbocycles. The fraction of sp³-hybridized carbons (Fsp3) is 0.467. The lowest BCUT2D eigenvalue weighted by Crippen LogP contribution is -2.39. The molecule has 0 aliphatic carbocycles. The molecule has 6 nitrogen and oxygen atoms in total. The number of amides is 2. The summed E-state index contributed by atoms with van der Waals surface area (Å²) >= 11 is 0. The molecule has 0 spiro atoms. The quantitative estimate of drug-likeness (QED) is 0.871. The maximum Gasteiger partial charge on any atom is 0.239 e. The minimum atomic E-state index is -3.70. The summed E-state index contributed by atoms with van der Waals surface area (Å²) in [6, 6.07) is 4.87. The van der Waals surface area contributed by atoms with E-state index in [2.05, 4.69) is 0 Å². The average Bonchev–Trinajstić information content (AvgIpc) is 2.76. The van der Waals surface area contributed by atoms with Gasteiger partial charge in [-0.1, -0.05) is 19.1 Å². The molecule has 23 heavy (non-hydrogen) atoms. The minimum absolute atomic E-state index is 0.0774. The second kappa shape index (κ2) is 6.66. The Hall–Kier alpha value is -1.96. The van der Waals surface area contributed by atoms with Crippen LogP contribution >= 0.6 is 0 Å². The first-order valence-electron chi connectivity index (χ1n) is 7.30. The zero-order valence-electron chi connectivity index (χ0n) is 13.0. The molecule has 1 saturated heterocycles. The first kappa shape index (κ1) is 17.4. The predicted molar refractivity (Wildman–Crippen MR) is 82.2 cm³/mol. The van der Waals surface area contributed by atoms with Gasteiger partial charge in [0.2, 0.25) is 21.8 Å². The van der Waals surface area contributed by atoms with E-state index in [1.54, 1.807) is 14.0 Å². The third-order valence-electron chi connectivity index (χ3n) is 3.86. The number of carbonyl (C=O) groups excluding carboxylic acids is 2. The molecular formula is C15H19FN2O4S. The number of nitrogens with one attached hydrogen (secondary N) is 1. The van der Waals surface area contributed by atoms with Gasteiger partial charge in [-0.05, 0) is 24.1 Å². The Balaban J connectivity index is 2.27. The number of benzene rings is 1. The summed E-state index contributed by atoms with van der Waals surface area (Å²) in [5, 5.41) is 0. The van der Waals surface area contributed by atoms with E-state index in [0.29, 0.717) is 12.0 Å². The molecule has 2 amide bonds. The normalized spacial score (nSPS) is 21.5. The van der Waals surface area contributed by atoms with Crippen LogP contribution in [-0.2, 0) is 19.6 Å². The predicted octanol–water partition coefficient (Wildman–Crippen LogP) is 1.20. The van der Waals surface area contributed by atoms with Crippen molar-refractivity contribution in [2.75, 3.05) is 12.8 Å². The van der Waals surface area contributed by atoms with E-state index in [-0.39, 0.29) is 18.1 Å². The van der Waals surface area contributed by atoms with E-state index < -0.39 is 33.7 Å². The summed E-state index contributed by atoms with van der Waals surface area (Å²) in [7, 11) is -2.16. The zero-order chi connectivity index (χ0) is 17.2. The van der Waals surface area contributed by atoms with E-state index in [1.165, 1.54) is 29.2 Å². The van der Waals surface area contributed by atoms with Gasteiger partial charge in [-0.15, -0.1) is 0 Å². The number of carbonyl (C=O) groups is 2. The average molecular weight is 342 g/mol. The van der Waals surface area contributed by atoms with Crippen LogP contribution in [-0.4, -0.2) is 37.9 Å². The Labute approximate surface area is 134 Å². The van der Waals surface area contributed by atoms with Crippen LogP contribution in [0.25, 0.3) is 0 Å². The molecule has 8 heteroatoms. The van der Waals surface area contributed by atoms with Crippen molar-refractivity contribution < 1.29 is 22.4 Å². The Morgan fingerprint density at radius 2 is 1.96 bits per heavy atom. The van der Waals surface area contributed by atoms with Crippen LogP contribution in [0.5, 0.6) is 0 Å². The Morgan fingerprint density at radius 3 is 2.52 bits per heavy atom. The standard InChI is InChI=1S/C15H19FN2O4S/c1-3-8-23(21,22)17-15(20)12-9-13(19)18(2)14(12)10-4-6-11(16)7-5-10/h4-7,12,14H,3,8-9H2,1-2H3,(H,17,20)/t12-,14+/m1/s1. The van der Waals surface area contributed by atoms with Crippen molar-refractivity contribution in [3.05, 3.63) is 35.6 Å². The minimum Gasteiger partial charge on any atom is -0.338 e. The summed E-state index contributed by atoms with van der Waals surface area (Å²) in [4.78, 5) is 25.7. The molecule has 126 valence electrons. The third-order valence-corrected chi connectivity index (χ3v) is 5.32. The van der Waals surface area contributed by atoms with Crippen LogP contribution in [0.15, 0.2) is 24.3 Å². The number of hydrogen-bond acceptors (Lipinski definition) is 4. The van der Waals surface area contributed by atoms with Gasteiger partial charge >= 0.3 is 0 Å². The Bertz CT molecular complexity index is 703. The molecule has 1 N–H and O–H groups in total. The number of hydrogen-bond donors (Lipinski definition) is 1. The van der Waals surface area contributed by atoms with Crippen molar-refractivity contribution in [3.63, 3.8) is 0 Å². The molecule has 1 aliphatic rings. The molecule has 1 aromatic carbocycles. The van der Waals surface area contributed by atoms with Crippen molar-refractivity contribution >= 4 is 21.8 Å². The summed E-state index contributed by atoms with van der Waals surface area (Å²) in [6.07, 6.45) is 0.305. The third kappa shape index (κ3) is 3.87. The molecule has 0 unspecified atom stereocenters. The molecular weight excluding hydrogens is 323 g/mol. The molecule has 1 fully saturated rings. The molecule has 0 aromatic heterocycles. The van der Waals surface area contributed by atoms with Crippen molar-refractivity contribution in [1.29, 1.82) is 0 Å². The van der Waals surface area contributed by atoms with E-state index in [9.17, 15) is 22.4 Å². The highest BCUT2D eigenvalue weighted by Crippen LogP contribution is 2.37. The fourth-order valence-corrected chi connectivity index (χ4v) is 3.87. The summed E-state index contributed by atoms with van der Waals surface area (Å²) < 4.78 is 38.6. The lowest BCUT2D eigenvalue weighted by Gasteiger charge is -2.24. The second-order valence-electron chi connectivity index (χ2n) is 5.60. The van der Waals surface area contributed by atoms with Gasteiger partial charge in [-0.3, -0.25) is 14.3 Å². The van der Waals surface area contributed by atoms with Crippen molar-refractivity contribution in [2.45, 2.75) is 25.8 Å². The summed E-state index contributed by atoms with van der Waals surface area (Å²) in [5.74, 6) is -2.37. The number of likely N-dealkylation sites (tertiary alicyclic amines) is 1. The lowest BCUT2D eigenvalue weighted by atomic mass is 9.93. The largest absolute Gasteiger partial charge is 0.338 e. The molecule has 1 heterocycles. The van der Waals surface area contributed by atoms with Crippen molar-refractivity contribution in [1.82, 2.24) is 9.62 Å². The van der Waals surface area contributed by atoms with Gasteiger partial charge in [0.05, 0.1) is 17.7 Å². The summed E-state index contributed by atoms with van der Waals surface area (Å²) in [5.41, 5.74) is 0.591. The Morgan fingerprint density at radius 1 is 1.35 bits per heavy atom. The van der Waals surface area contributed by atoms with Gasteiger partial charge in [-0.25, -0.2) is 12.8 Å². The van der Waals surface area contributed by atoms with Crippen LogP contribution < -0.4 is 4.72 Å². The van der Waals surface area contributed by atoms with Gasteiger partial charge in [-0.2, -0.15) is 0 Å². The lowest BCUT2D eigenvalue weighted by molar-refractivity contribution is -0.128. The number of halogens is 1. The van der Waals surface area contributed by atoms with E-state index >= 15 is 0 Å². The van der Waals surface area contributed by atoms with Gasteiger partial charge in [0, 0.05) is 13.5 Å². The first-order chi connectivity index (χ1) is 10.7. The first-order valence-corrected chi connectivity index (χ1v) is 8.96. The number of nitrogens with zero attached hydrogens (tertiary/aromatic N) is 1. The van der Waals surface area contributed by atoms with E-state index in [4.69, 9.17) is 0 Å². The van der Waals surface area contributed by atoms with Gasteiger partial charge in [0.15, 0.2) is 0 Å². The van der Waals surface area contributed by atoms with E-state index in [1.807, 2.05) is 4.72 Å². The zero-order valence-corrected chi connectivity index (χ0v) is 13.8. The fourth-order valence-electron chi connectivity index (χ4n) is 2.77. The molecule has 1 aromatic rings. The topological polar surface area (TPSA) is 83.5 Å². The van der Waals surface area contributed by atoms with Crippen LogP contribution in [0, 0.1) is 11.7 Å². The second-order valence-corrected chi connectivity index (χ2v) is 7.44. The number of sulfonamides is 1. The van der Waals surface area contributed by atoms with Crippen LogP contribution in [0.3, 0.4) is 0 Å². The van der Waals surface area contributed by atoms with Crippen molar-refractivity contribution in [2.24, 2.45) is 5.92 Å². The smallest absolute Gasteiger partial charge is 0.239 e. The highest BCUT2D eigenvalue weighted by Gasteiger charge is 2.43. The molecule has 0 radical (unpaired) electrons. The molecule has 2 rings (SSSR count). The number of rotatable bonds is 5. The van der Waals surface area contributed by atoms with Gasteiger partial charge in [0.1, 0.15) is 5.82 Å². The summed E-state index contributed by atoms with van der Waals surface area (Å²) in [6.45, 7) is 1.69. The maximum absolute atomic E-state index is 13.1. The van der Waals surface area contributed by atoms with Gasteiger partial charge in [0.25, 0.3) is 0 Å². The van der Waals surface area contributed by atoms with Crippen molar-refractivity contribution in [3.8, 4) is 0 Å². The molecule has 1 aliphatic heterocycles. The molecule has 2 atom stereocenters. The SMILES string of the molecule is CCCS(=O)(=O)NC(=O)[C@@H]1CC(=O)N(C)[C@H]1c1ccc(F)cc1. The monoisotopic (exact) mass is 342 g/mol. The van der Waals surface area contributed by atoms with Crippen LogP contribution in [0.4, 0.5) is 4.39 Å². The van der Waals surface area contributed by atoms with Crippen LogP contribution in [0.2, 0.25) is 0 Å². The van der Waals surface area contributed by atoms with E-state index in [0.717, 1.165) is 0 Å². The highest BCUT2D eigenvalue weighted by molar-refractivity contribution is 7.90. The van der Waals surface area contributed by atoms with Gasteiger partial charge < -0.3 is 4.90 Å². The van der Waals surface area contributed by atoms with Crippen LogP contribution in [0.1, 0.15) is 31.4 Å². The Kier molecular flexibility index (Phi) is 5.03. The molecule has 0 bridgehead atoms. The highest BCUT2D eigenvalue weighted by atomic mass is 32.2.